The third-order valence-electron chi connectivity index (χ3n) is 3.20. The second kappa shape index (κ2) is 5.78. The highest BCUT2D eigenvalue weighted by Gasteiger charge is 2.14. The molecule has 0 radical (unpaired) electrons. The third-order valence-corrected chi connectivity index (χ3v) is 3.20. The molecule has 2 heteroatoms. The molecule has 18 heavy (non-hydrogen) atoms. The van der Waals surface area contributed by atoms with Crippen LogP contribution in [0.5, 0.6) is 0 Å². The number of benzene rings is 2. The van der Waals surface area contributed by atoms with Crippen molar-refractivity contribution in [3.8, 4) is 0 Å². The zero-order valence-electron chi connectivity index (χ0n) is 10.4. The van der Waals surface area contributed by atoms with Crippen molar-refractivity contribution in [2.24, 2.45) is 0 Å². The molecule has 0 aromatic heterocycles. The molecule has 0 aliphatic rings. The summed E-state index contributed by atoms with van der Waals surface area (Å²) in [5.41, 5.74) is 2.85. The number of hydrogen-bond acceptors (Lipinski definition) is 1. The van der Waals surface area contributed by atoms with Crippen LogP contribution in [0.4, 0.5) is 4.39 Å². The predicted octanol–water partition coefficient (Wildman–Crippen LogP) is 3.65. The van der Waals surface area contributed by atoms with E-state index >= 15 is 0 Å². The van der Waals surface area contributed by atoms with Crippen molar-refractivity contribution in [1.82, 2.24) is 0 Å². The van der Waals surface area contributed by atoms with E-state index in [1.54, 1.807) is 13.0 Å². The molecule has 0 aliphatic carbocycles. The molecule has 2 aromatic carbocycles. The SMILES string of the molecule is Cc1cc(C(CCO)c2ccccc2)ccc1F. The van der Waals surface area contributed by atoms with Gasteiger partial charge in [0.15, 0.2) is 0 Å². The van der Waals surface area contributed by atoms with E-state index in [9.17, 15) is 9.50 Å². The highest BCUT2D eigenvalue weighted by molar-refractivity contribution is 5.35. The van der Waals surface area contributed by atoms with E-state index in [-0.39, 0.29) is 18.3 Å². The molecule has 0 saturated carbocycles. The monoisotopic (exact) mass is 244 g/mol. The third kappa shape index (κ3) is 2.77. The van der Waals surface area contributed by atoms with E-state index in [0.29, 0.717) is 12.0 Å². The Morgan fingerprint density at radius 2 is 1.78 bits per heavy atom. The summed E-state index contributed by atoms with van der Waals surface area (Å²) in [6, 6.07) is 15.2. The molecule has 1 nitrogen and oxygen atoms in total. The lowest BCUT2D eigenvalue weighted by Crippen LogP contribution is -2.04. The Labute approximate surface area is 107 Å². The summed E-state index contributed by atoms with van der Waals surface area (Å²) < 4.78 is 13.3. The van der Waals surface area contributed by atoms with Crippen molar-refractivity contribution in [3.63, 3.8) is 0 Å². The number of aliphatic hydroxyl groups excluding tert-OH is 1. The first-order valence-electron chi connectivity index (χ1n) is 6.14. The maximum atomic E-state index is 13.3. The molecule has 2 rings (SSSR count). The molecule has 0 aliphatic heterocycles. The van der Waals surface area contributed by atoms with Crippen molar-refractivity contribution >= 4 is 0 Å². The first-order chi connectivity index (χ1) is 8.72. The fourth-order valence-electron chi connectivity index (χ4n) is 2.22. The summed E-state index contributed by atoms with van der Waals surface area (Å²) in [6.45, 7) is 1.88. The van der Waals surface area contributed by atoms with Gasteiger partial charge in [-0.25, -0.2) is 4.39 Å². The minimum absolute atomic E-state index is 0.121. The Hall–Kier alpha value is -1.67. The second-order valence-electron chi connectivity index (χ2n) is 4.48. The summed E-state index contributed by atoms with van der Waals surface area (Å²) in [7, 11) is 0. The van der Waals surface area contributed by atoms with E-state index in [1.165, 1.54) is 6.07 Å². The van der Waals surface area contributed by atoms with Crippen LogP contribution < -0.4 is 0 Å². The van der Waals surface area contributed by atoms with Gasteiger partial charge in [-0.3, -0.25) is 0 Å². The fourth-order valence-corrected chi connectivity index (χ4v) is 2.22. The van der Waals surface area contributed by atoms with Crippen LogP contribution >= 0.6 is 0 Å². The Bertz CT molecular complexity index is 508. The molecule has 0 amide bonds. The number of rotatable bonds is 4. The normalized spacial score (nSPS) is 12.4. The molecule has 1 atom stereocenters. The van der Waals surface area contributed by atoms with Crippen molar-refractivity contribution in [2.75, 3.05) is 6.61 Å². The van der Waals surface area contributed by atoms with Gasteiger partial charge >= 0.3 is 0 Å². The summed E-state index contributed by atoms with van der Waals surface area (Å²) >= 11 is 0. The largest absolute Gasteiger partial charge is 0.396 e. The molecule has 0 bridgehead atoms. The lowest BCUT2D eigenvalue weighted by atomic mass is 9.88. The van der Waals surface area contributed by atoms with Crippen LogP contribution in [-0.4, -0.2) is 11.7 Å². The van der Waals surface area contributed by atoms with Crippen LogP contribution in [0.15, 0.2) is 48.5 Å². The van der Waals surface area contributed by atoms with Gasteiger partial charge in [0, 0.05) is 12.5 Å². The Morgan fingerprint density at radius 3 is 2.39 bits per heavy atom. The molecule has 1 unspecified atom stereocenters. The van der Waals surface area contributed by atoms with Crippen LogP contribution in [0.1, 0.15) is 29.0 Å². The zero-order valence-corrected chi connectivity index (χ0v) is 10.4. The van der Waals surface area contributed by atoms with E-state index in [2.05, 4.69) is 0 Å². The maximum Gasteiger partial charge on any atom is 0.126 e. The Balaban J connectivity index is 2.38. The average molecular weight is 244 g/mol. The smallest absolute Gasteiger partial charge is 0.126 e. The quantitative estimate of drug-likeness (QED) is 0.870. The first kappa shape index (κ1) is 12.8. The van der Waals surface area contributed by atoms with E-state index in [0.717, 1.165) is 11.1 Å². The number of aryl methyl sites for hydroxylation is 1. The van der Waals surface area contributed by atoms with Gasteiger partial charge in [0.1, 0.15) is 5.82 Å². The molecule has 0 heterocycles. The topological polar surface area (TPSA) is 20.2 Å². The Kier molecular flexibility index (Phi) is 4.11. The minimum atomic E-state index is -0.186. The van der Waals surface area contributed by atoms with Crippen molar-refractivity contribution in [3.05, 3.63) is 71.0 Å². The van der Waals surface area contributed by atoms with Crippen molar-refractivity contribution < 1.29 is 9.50 Å². The molecule has 1 N–H and O–H groups in total. The lowest BCUT2D eigenvalue weighted by molar-refractivity contribution is 0.281. The minimum Gasteiger partial charge on any atom is -0.396 e. The Morgan fingerprint density at radius 1 is 1.06 bits per heavy atom. The van der Waals surface area contributed by atoms with Gasteiger partial charge in [0.25, 0.3) is 0 Å². The standard InChI is InChI=1S/C16H17FO/c1-12-11-14(7-8-16(12)17)15(9-10-18)13-5-3-2-4-6-13/h2-8,11,15,18H,9-10H2,1H3. The van der Waals surface area contributed by atoms with Gasteiger partial charge in [0.05, 0.1) is 0 Å². The van der Waals surface area contributed by atoms with Crippen LogP contribution in [0.25, 0.3) is 0 Å². The van der Waals surface area contributed by atoms with Crippen LogP contribution in [-0.2, 0) is 0 Å². The van der Waals surface area contributed by atoms with Crippen LogP contribution in [0.2, 0.25) is 0 Å². The van der Waals surface area contributed by atoms with Crippen LogP contribution in [0.3, 0.4) is 0 Å². The number of hydrogen-bond donors (Lipinski definition) is 1. The van der Waals surface area contributed by atoms with Gasteiger partial charge in [-0.1, -0.05) is 42.5 Å². The van der Waals surface area contributed by atoms with E-state index in [4.69, 9.17) is 0 Å². The molecular formula is C16H17FO. The van der Waals surface area contributed by atoms with Gasteiger partial charge < -0.3 is 5.11 Å². The summed E-state index contributed by atoms with van der Waals surface area (Å²) in [4.78, 5) is 0. The number of halogens is 1. The van der Waals surface area contributed by atoms with Crippen molar-refractivity contribution in [1.29, 1.82) is 0 Å². The lowest BCUT2D eigenvalue weighted by Gasteiger charge is -2.17. The van der Waals surface area contributed by atoms with Gasteiger partial charge in [-0.2, -0.15) is 0 Å². The molecule has 94 valence electrons. The van der Waals surface area contributed by atoms with Gasteiger partial charge in [-0.15, -0.1) is 0 Å². The first-order valence-corrected chi connectivity index (χ1v) is 6.14. The molecule has 0 spiro atoms. The summed E-state index contributed by atoms with van der Waals surface area (Å²) in [5, 5.41) is 9.21. The molecular weight excluding hydrogens is 227 g/mol. The maximum absolute atomic E-state index is 13.3. The highest BCUT2D eigenvalue weighted by atomic mass is 19.1. The molecule has 2 aromatic rings. The summed E-state index contributed by atoms with van der Waals surface area (Å²) in [6.07, 6.45) is 0.648. The van der Waals surface area contributed by atoms with Gasteiger partial charge in [0.2, 0.25) is 0 Å². The number of aliphatic hydroxyl groups is 1. The van der Waals surface area contributed by atoms with E-state index in [1.807, 2.05) is 36.4 Å². The molecule has 0 saturated heterocycles. The van der Waals surface area contributed by atoms with E-state index < -0.39 is 0 Å². The van der Waals surface area contributed by atoms with Crippen LogP contribution in [0, 0.1) is 12.7 Å². The second-order valence-corrected chi connectivity index (χ2v) is 4.48. The summed E-state index contributed by atoms with van der Waals surface area (Å²) in [5.74, 6) is -0.0648. The van der Waals surface area contributed by atoms with Gasteiger partial charge in [-0.05, 0) is 36.1 Å². The molecule has 0 fully saturated rings. The fraction of sp³-hybridized carbons (Fsp3) is 0.250. The zero-order chi connectivity index (χ0) is 13.0. The average Bonchev–Trinajstić information content (AvgIpc) is 2.40. The van der Waals surface area contributed by atoms with Crippen molar-refractivity contribution in [2.45, 2.75) is 19.3 Å². The highest BCUT2D eigenvalue weighted by Crippen LogP contribution is 2.28. The predicted molar refractivity (Wildman–Crippen MR) is 71.1 cm³/mol.